The Balaban J connectivity index is 2.25. The zero-order valence-corrected chi connectivity index (χ0v) is 11.9. The Morgan fingerprint density at radius 1 is 1.53 bits per heavy atom. The molecular formula is C12H14BrN3S. The molecule has 2 rings (SSSR count). The van der Waals surface area contributed by atoms with E-state index in [4.69, 9.17) is 5.73 Å². The van der Waals surface area contributed by atoms with Crippen LogP contribution in [-0.4, -0.2) is 16.0 Å². The summed E-state index contributed by atoms with van der Waals surface area (Å²) >= 11 is 5.12. The molecule has 0 saturated heterocycles. The highest BCUT2D eigenvalue weighted by Crippen LogP contribution is 2.30. The Labute approximate surface area is 113 Å². The molecule has 0 saturated carbocycles. The van der Waals surface area contributed by atoms with E-state index in [2.05, 4.69) is 38.0 Å². The van der Waals surface area contributed by atoms with E-state index in [9.17, 15) is 0 Å². The van der Waals surface area contributed by atoms with Gasteiger partial charge in [0.1, 0.15) is 0 Å². The van der Waals surface area contributed by atoms with Crippen molar-refractivity contribution in [3.8, 4) is 0 Å². The maximum atomic E-state index is 5.87. The zero-order valence-electron chi connectivity index (χ0n) is 9.48. The molecule has 3 nitrogen and oxygen atoms in total. The number of benzene rings is 1. The van der Waals surface area contributed by atoms with Crippen molar-refractivity contribution in [2.45, 2.75) is 29.4 Å². The summed E-state index contributed by atoms with van der Waals surface area (Å²) in [6.07, 6.45) is 4.45. The number of aromatic nitrogens is 2. The van der Waals surface area contributed by atoms with Gasteiger partial charge in [-0.25, -0.2) is 4.98 Å². The summed E-state index contributed by atoms with van der Waals surface area (Å²) in [5, 5.41) is 0.901. The van der Waals surface area contributed by atoms with Crippen molar-refractivity contribution in [2.24, 2.45) is 5.73 Å². The molecule has 5 heteroatoms. The maximum absolute atomic E-state index is 5.87. The normalized spacial score (nSPS) is 12.6. The fraction of sp³-hybridized carbons (Fsp3) is 0.250. The molecule has 0 bridgehead atoms. The quantitative estimate of drug-likeness (QED) is 0.911. The van der Waals surface area contributed by atoms with Crippen LogP contribution in [0.1, 0.15) is 12.5 Å². The Kier molecular flexibility index (Phi) is 4.25. The van der Waals surface area contributed by atoms with Crippen LogP contribution in [0.3, 0.4) is 0 Å². The summed E-state index contributed by atoms with van der Waals surface area (Å²) in [4.78, 5) is 8.50. The van der Waals surface area contributed by atoms with Crippen molar-refractivity contribution in [3.63, 3.8) is 0 Å². The lowest BCUT2D eigenvalue weighted by molar-refractivity contribution is 0.729. The molecule has 2 aromatic rings. The summed E-state index contributed by atoms with van der Waals surface area (Å²) in [5.74, 6) is 0. The summed E-state index contributed by atoms with van der Waals surface area (Å²) in [6.45, 7) is 2.02. The molecule has 90 valence electrons. The Bertz CT molecular complexity index is 483. The highest BCUT2D eigenvalue weighted by molar-refractivity contribution is 9.10. The van der Waals surface area contributed by atoms with Crippen molar-refractivity contribution in [1.82, 2.24) is 9.97 Å². The van der Waals surface area contributed by atoms with Gasteiger partial charge >= 0.3 is 0 Å². The number of nitrogens with two attached hydrogens (primary N) is 1. The molecule has 3 N–H and O–H groups in total. The smallest absolute Gasteiger partial charge is 0.170 e. The van der Waals surface area contributed by atoms with Crippen molar-refractivity contribution in [2.75, 3.05) is 0 Å². The van der Waals surface area contributed by atoms with Gasteiger partial charge in [0.15, 0.2) is 5.16 Å². The van der Waals surface area contributed by atoms with Gasteiger partial charge in [-0.3, -0.25) is 0 Å². The van der Waals surface area contributed by atoms with Gasteiger partial charge in [0.25, 0.3) is 0 Å². The molecule has 1 heterocycles. The summed E-state index contributed by atoms with van der Waals surface area (Å²) in [6, 6.07) is 6.40. The van der Waals surface area contributed by atoms with Gasteiger partial charge in [0.2, 0.25) is 0 Å². The molecule has 0 aliphatic carbocycles. The number of nitrogens with one attached hydrogen (secondary N) is 1. The van der Waals surface area contributed by atoms with Gasteiger partial charge in [-0.1, -0.05) is 27.7 Å². The molecular weight excluding hydrogens is 298 g/mol. The molecule has 0 spiro atoms. The van der Waals surface area contributed by atoms with Crippen LogP contribution in [0.5, 0.6) is 0 Å². The molecule has 1 unspecified atom stereocenters. The molecule has 0 aliphatic heterocycles. The van der Waals surface area contributed by atoms with Crippen LogP contribution in [0.2, 0.25) is 0 Å². The minimum atomic E-state index is 0.153. The minimum Gasteiger partial charge on any atom is -0.339 e. The molecule has 1 aromatic heterocycles. The second kappa shape index (κ2) is 5.71. The number of hydrogen-bond donors (Lipinski definition) is 2. The standard InChI is InChI=1S/C12H14BrN3S/c1-8(14)6-9-7-10(13)2-3-11(9)17-12-15-4-5-16-12/h2-5,7-8H,6,14H2,1H3,(H,15,16). The molecule has 1 atom stereocenters. The van der Waals surface area contributed by atoms with Crippen LogP contribution in [0, 0.1) is 0 Å². The lowest BCUT2D eigenvalue weighted by atomic mass is 10.1. The predicted molar refractivity (Wildman–Crippen MR) is 74.2 cm³/mol. The average molecular weight is 312 g/mol. The van der Waals surface area contributed by atoms with Crippen molar-refractivity contribution in [1.29, 1.82) is 0 Å². The monoisotopic (exact) mass is 311 g/mol. The van der Waals surface area contributed by atoms with E-state index in [-0.39, 0.29) is 6.04 Å². The number of hydrogen-bond acceptors (Lipinski definition) is 3. The SMILES string of the molecule is CC(N)Cc1cc(Br)ccc1Sc1ncc[nH]1. The number of H-pyrrole nitrogens is 1. The van der Waals surface area contributed by atoms with E-state index in [0.717, 1.165) is 16.0 Å². The van der Waals surface area contributed by atoms with Crippen LogP contribution in [0.4, 0.5) is 0 Å². The number of aromatic amines is 1. The first-order valence-electron chi connectivity index (χ1n) is 5.36. The van der Waals surface area contributed by atoms with Crippen molar-refractivity contribution < 1.29 is 0 Å². The third kappa shape index (κ3) is 3.59. The van der Waals surface area contributed by atoms with E-state index in [1.54, 1.807) is 18.0 Å². The van der Waals surface area contributed by atoms with Gasteiger partial charge in [-0.15, -0.1) is 0 Å². The topological polar surface area (TPSA) is 54.7 Å². The van der Waals surface area contributed by atoms with Crippen molar-refractivity contribution >= 4 is 27.7 Å². The third-order valence-corrected chi connectivity index (χ3v) is 3.77. The second-order valence-electron chi connectivity index (χ2n) is 3.93. The van der Waals surface area contributed by atoms with Gasteiger partial charge in [-0.05, 0) is 37.1 Å². The fourth-order valence-electron chi connectivity index (χ4n) is 1.56. The maximum Gasteiger partial charge on any atom is 0.170 e. The van der Waals surface area contributed by atoms with Crippen LogP contribution in [-0.2, 0) is 6.42 Å². The number of halogens is 1. The zero-order chi connectivity index (χ0) is 12.3. The summed E-state index contributed by atoms with van der Waals surface area (Å²) < 4.78 is 1.08. The fourth-order valence-corrected chi connectivity index (χ4v) is 2.83. The van der Waals surface area contributed by atoms with E-state index in [0.29, 0.717) is 0 Å². The molecule has 0 fully saturated rings. The predicted octanol–water partition coefficient (Wildman–Crippen LogP) is 3.21. The van der Waals surface area contributed by atoms with E-state index >= 15 is 0 Å². The van der Waals surface area contributed by atoms with Gasteiger partial charge < -0.3 is 10.7 Å². The first-order chi connectivity index (χ1) is 8.15. The van der Waals surface area contributed by atoms with E-state index < -0.39 is 0 Å². The average Bonchev–Trinajstić information content (AvgIpc) is 2.74. The number of imidazole rings is 1. The van der Waals surface area contributed by atoms with E-state index in [1.165, 1.54) is 10.5 Å². The minimum absolute atomic E-state index is 0.153. The molecule has 0 aliphatic rings. The summed E-state index contributed by atoms with van der Waals surface area (Å²) in [5.41, 5.74) is 7.11. The van der Waals surface area contributed by atoms with E-state index in [1.807, 2.05) is 19.2 Å². The van der Waals surface area contributed by atoms with Crippen molar-refractivity contribution in [3.05, 3.63) is 40.6 Å². The third-order valence-electron chi connectivity index (χ3n) is 2.24. The van der Waals surface area contributed by atoms with Crippen LogP contribution in [0.15, 0.2) is 45.1 Å². The number of nitrogens with zero attached hydrogens (tertiary/aromatic N) is 1. The summed E-state index contributed by atoms with van der Waals surface area (Å²) in [7, 11) is 0. The Morgan fingerprint density at radius 2 is 2.35 bits per heavy atom. The molecule has 0 radical (unpaired) electrons. The van der Waals surface area contributed by atoms with Gasteiger partial charge in [0.05, 0.1) is 0 Å². The van der Waals surface area contributed by atoms with Gasteiger partial charge in [0, 0.05) is 27.8 Å². The van der Waals surface area contributed by atoms with Crippen LogP contribution < -0.4 is 5.73 Å². The Hall–Kier alpha value is -0.780. The second-order valence-corrected chi connectivity index (χ2v) is 5.88. The van der Waals surface area contributed by atoms with Crippen LogP contribution in [0.25, 0.3) is 0 Å². The molecule has 1 aromatic carbocycles. The number of rotatable bonds is 4. The molecule has 17 heavy (non-hydrogen) atoms. The first kappa shape index (κ1) is 12.7. The lowest BCUT2D eigenvalue weighted by Gasteiger charge is -2.10. The van der Waals surface area contributed by atoms with Crippen LogP contribution >= 0.6 is 27.7 Å². The Morgan fingerprint density at radius 3 is 3.00 bits per heavy atom. The lowest BCUT2D eigenvalue weighted by Crippen LogP contribution is -2.18. The largest absolute Gasteiger partial charge is 0.339 e. The highest BCUT2D eigenvalue weighted by atomic mass is 79.9. The highest BCUT2D eigenvalue weighted by Gasteiger charge is 2.08. The first-order valence-corrected chi connectivity index (χ1v) is 6.97. The van der Waals surface area contributed by atoms with Gasteiger partial charge in [-0.2, -0.15) is 0 Å². The molecule has 0 amide bonds.